The Hall–Kier alpha value is -7.89. The molecule has 2 fully saturated rings. The van der Waals surface area contributed by atoms with Crippen LogP contribution in [0.4, 0.5) is 35.9 Å². The smallest absolute Gasteiger partial charge is 0.335 e. The molecule has 408 valence electrons. The van der Waals surface area contributed by atoms with Crippen molar-refractivity contribution in [3.8, 4) is 33.4 Å². The van der Waals surface area contributed by atoms with E-state index >= 15 is 0 Å². The normalized spacial score (nSPS) is 23.4. The predicted octanol–water partition coefficient (Wildman–Crippen LogP) is 21.1. The molecule has 2 aliphatic heterocycles. The van der Waals surface area contributed by atoms with Gasteiger partial charge in [-0.15, -0.1) is 0 Å². The highest BCUT2D eigenvalue weighted by atomic mass is 19.4. The highest BCUT2D eigenvalue weighted by molar-refractivity contribution is 6.20. The lowest BCUT2D eigenvalue weighted by Gasteiger charge is -2.60. The molecule has 10 aromatic rings. The zero-order valence-corrected chi connectivity index (χ0v) is 47.7. The van der Waals surface area contributed by atoms with Crippen LogP contribution in [-0.4, -0.2) is 11.1 Å². The summed E-state index contributed by atoms with van der Waals surface area (Å²) in [5, 5.41) is 4.90. The van der Waals surface area contributed by atoms with E-state index in [1.807, 2.05) is 0 Å². The predicted molar refractivity (Wildman–Crippen MR) is 334 cm³/mol. The van der Waals surface area contributed by atoms with Crippen LogP contribution in [0.3, 0.4) is 0 Å². The fraction of sp³-hybridized carbons (Fsp3) is 0.273. The minimum Gasteiger partial charge on any atom is -0.335 e. The number of benzene rings is 10. The van der Waals surface area contributed by atoms with Gasteiger partial charge in [0.05, 0.1) is 11.0 Å². The summed E-state index contributed by atoms with van der Waals surface area (Å²) in [5.74, 6) is 0. The Balaban J connectivity index is 0.910. The van der Waals surface area contributed by atoms with Crippen molar-refractivity contribution >= 4 is 44.3 Å². The zero-order chi connectivity index (χ0) is 56.0. The van der Waals surface area contributed by atoms with Crippen molar-refractivity contribution in [2.45, 2.75) is 121 Å². The molecular formula is C77H69F3N2. The van der Waals surface area contributed by atoms with Crippen LogP contribution >= 0.6 is 0 Å². The molecule has 0 radical (unpaired) electrons. The maximum absolute atomic E-state index is 13.9. The van der Waals surface area contributed by atoms with Crippen molar-refractivity contribution in [3.05, 3.63) is 251 Å². The lowest BCUT2D eigenvalue weighted by molar-refractivity contribution is -0.137. The number of hydrogen-bond acceptors (Lipinski definition) is 2. The van der Waals surface area contributed by atoms with Gasteiger partial charge in [-0.3, -0.25) is 0 Å². The molecule has 2 heterocycles. The minimum absolute atomic E-state index is 0.00487. The summed E-state index contributed by atoms with van der Waals surface area (Å²) in [6, 6.07) is 75.3. The van der Waals surface area contributed by atoms with Gasteiger partial charge in [-0.1, -0.05) is 179 Å². The summed E-state index contributed by atoms with van der Waals surface area (Å²) in [7, 11) is 0. The molecule has 0 amide bonds. The van der Waals surface area contributed by atoms with Gasteiger partial charge in [-0.05, 0) is 231 Å². The SMILES string of the molecule is Cc1ccc(N2c3ccc(-c4ccc5c(c4)C(c4ccccc4)(c4ccccc4)c4c-5c5ccccc5c5cc(-c6ccc7c(c6)CC6(C)CCCCC6(C)N7c6ccc(C(F)(F)F)cc6)ccc45)cc3CC3(C)CCCCC23C)cc1. The van der Waals surface area contributed by atoms with Crippen LogP contribution in [0.2, 0.25) is 0 Å². The summed E-state index contributed by atoms with van der Waals surface area (Å²) < 4.78 is 41.8. The summed E-state index contributed by atoms with van der Waals surface area (Å²) in [4.78, 5) is 5.10. The van der Waals surface area contributed by atoms with E-state index in [0.29, 0.717) is 0 Å². The van der Waals surface area contributed by atoms with Crippen LogP contribution in [0.25, 0.3) is 54.9 Å². The Morgan fingerprint density at radius 1 is 0.415 bits per heavy atom. The third kappa shape index (κ3) is 7.33. The van der Waals surface area contributed by atoms with E-state index in [0.717, 1.165) is 61.0 Å². The van der Waals surface area contributed by atoms with Crippen LogP contribution in [-0.2, 0) is 24.4 Å². The average Bonchev–Trinajstić information content (AvgIpc) is 1.65. The van der Waals surface area contributed by atoms with E-state index < -0.39 is 17.2 Å². The van der Waals surface area contributed by atoms with Crippen LogP contribution < -0.4 is 9.80 Å². The van der Waals surface area contributed by atoms with E-state index in [1.54, 1.807) is 12.1 Å². The van der Waals surface area contributed by atoms with Gasteiger partial charge in [0.1, 0.15) is 0 Å². The monoisotopic (exact) mass is 1080 g/mol. The first-order valence-electron chi connectivity index (χ1n) is 30.0. The number of hydrogen-bond donors (Lipinski definition) is 0. The second-order valence-electron chi connectivity index (χ2n) is 26.0. The summed E-state index contributed by atoms with van der Waals surface area (Å²) in [6.45, 7) is 12.0. The third-order valence-electron chi connectivity index (χ3n) is 21.6. The lowest BCUT2D eigenvalue weighted by Crippen LogP contribution is -2.60. The molecule has 2 nitrogen and oxygen atoms in total. The third-order valence-corrected chi connectivity index (χ3v) is 21.6. The van der Waals surface area contributed by atoms with Gasteiger partial charge < -0.3 is 9.80 Å². The van der Waals surface area contributed by atoms with Gasteiger partial charge in [-0.25, -0.2) is 0 Å². The minimum atomic E-state index is -4.40. The molecule has 10 aromatic carbocycles. The van der Waals surface area contributed by atoms with Gasteiger partial charge in [0.15, 0.2) is 0 Å². The number of fused-ring (bicyclic) bond motifs is 12. The van der Waals surface area contributed by atoms with E-state index in [1.165, 1.54) is 132 Å². The first-order chi connectivity index (χ1) is 39.6. The van der Waals surface area contributed by atoms with Gasteiger partial charge in [0.2, 0.25) is 0 Å². The summed E-state index contributed by atoms with van der Waals surface area (Å²) in [5.41, 5.74) is 19.3. The molecule has 4 unspecified atom stereocenters. The lowest BCUT2D eigenvalue weighted by atomic mass is 9.57. The molecular weight excluding hydrogens is 1010 g/mol. The first kappa shape index (κ1) is 51.0. The molecule has 0 N–H and O–H groups in total. The number of anilines is 4. The highest BCUT2D eigenvalue weighted by Gasteiger charge is 2.56. The van der Waals surface area contributed by atoms with Crippen molar-refractivity contribution in [3.63, 3.8) is 0 Å². The van der Waals surface area contributed by atoms with Crippen LogP contribution in [0.1, 0.15) is 124 Å². The quantitative estimate of drug-likeness (QED) is 0.153. The van der Waals surface area contributed by atoms with Crippen molar-refractivity contribution in [2.75, 3.05) is 9.80 Å². The molecule has 0 aromatic heterocycles. The van der Waals surface area contributed by atoms with E-state index in [4.69, 9.17) is 0 Å². The van der Waals surface area contributed by atoms with Crippen molar-refractivity contribution in [1.82, 2.24) is 0 Å². The Labute approximate surface area is 481 Å². The zero-order valence-electron chi connectivity index (χ0n) is 47.7. The maximum Gasteiger partial charge on any atom is 0.416 e. The second-order valence-corrected chi connectivity index (χ2v) is 26.0. The summed E-state index contributed by atoms with van der Waals surface area (Å²) in [6.07, 6.45) is 6.75. The number of nitrogens with zero attached hydrogens (tertiary/aromatic N) is 2. The molecule has 0 saturated heterocycles. The Morgan fingerprint density at radius 2 is 0.878 bits per heavy atom. The second kappa shape index (κ2) is 18.3. The number of aryl methyl sites for hydroxylation is 1. The van der Waals surface area contributed by atoms with Gasteiger partial charge in [-0.2, -0.15) is 13.2 Å². The fourth-order valence-corrected chi connectivity index (χ4v) is 17.0. The molecule has 5 heteroatoms. The fourth-order valence-electron chi connectivity index (χ4n) is 17.0. The van der Waals surface area contributed by atoms with E-state index in [9.17, 15) is 13.2 Å². The van der Waals surface area contributed by atoms with Gasteiger partial charge >= 0.3 is 6.18 Å². The Bertz CT molecular complexity index is 4140. The first-order valence-corrected chi connectivity index (χ1v) is 30.0. The molecule has 82 heavy (non-hydrogen) atoms. The number of rotatable bonds is 6. The Morgan fingerprint density at radius 3 is 1.43 bits per heavy atom. The standard InChI is InChI=1S/C77H69F3N2/c1-50-24-32-60(33-25-50)81-68-39-29-52(45-56(68)49-72(2)40-14-16-42-74(72,81)4)54-27-37-65-67(47-54)76(57-18-8-6-9-19-57,58-20-10-7-11-21-58)71-64-36-26-53(46-66(64)62-22-12-13-23-63(62)70(65)71)51-28-38-69-55(44-51)48-73(3)41-15-17-43-75(73,5)82(69)61-34-30-59(31-35-61)77(78,79)80/h6-13,18-39,44-47H,14-17,40-43,48-49H2,1-5H3. The highest BCUT2D eigenvalue weighted by Crippen LogP contribution is 2.63. The topological polar surface area (TPSA) is 6.48 Å². The van der Waals surface area contributed by atoms with E-state index in [2.05, 4.69) is 226 Å². The average molecular weight is 1080 g/mol. The maximum atomic E-state index is 13.9. The molecule has 3 aliphatic carbocycles. The summed E-state index contributed by atoms with van der Waals surface area (Å²) >= 11 is 0. The molecule has 0 spiro atoms. The van der Waals surface area contributed by atoms with Crippen molar-refractivity contribution in [2.24, 2.45) is 10.8 Å². The van der Waals surface area contributed by atoms with Crippen LogP contribution in [0, 0.1) is 17.8 Å². The largest absolute Gasteiger partial charge is 0.416 e. The number of halogens is 3. The van der Waals surface area contributed by atoms with Crippen molar-refractivity contribution < 1.29 is 13.2 Å². The van der Waals surface area contributed by atoms with Crippen LogP contribution in [0.5, 0.6) is 0 Å². The van der Waals surface area contributed by atoms with Crippen molar-refractivity contribution in [1.29, 1.82) is 0 Å². The van der Waals surface area contributed by atoms with Gasteiger partial charge in [0.25, 0.3) is 0 Å². The molecule has 15 rings (SSSR count). The molecule has 4 atom stereocenters. The Kier molecular flexibility index (Phi) is 11.4. The van der Waals surface area contributed by atoms with Gasteiger partial charge in [0, 0.05) is 33.8 Å². The molecule has 0 bridgehead atoms. The van der Waals surface area contributed by atoms with Crippen LogP contribution in [0.15, 0.2) is 206 Å². The van der Waals surface area contributed by atoms with E-state index in [-0.39, 0.29) is 21.9 Å². The molecule has 5 aliphatic rings. The number of alkyl halides is 3. The molecule has 2 saturated carbocycles.